The van der Waals surface area contributed by atoms with Crippen LogP contribution in [0.25, 0.3) is 0 Å². The van der Waals surface area contributed by atoms with Crippen LogP contribution in [0.1, 0.15) is 25.0 Å². The molecule has 1 aromatic heterocycles. The van der Waals surface area contributed by atoms with E-state index in [0.717, 1.165) is 31.6 Å². The lowest BCUT2D eigenvalue weighted by Crippen LogP contribution is -2.33. The van der Waals surface area contributed by atoms with Crippen LogP contribution in [0.4, 0.5) is 0 Å². The molecule has 4 nitrogen and oxygen atoms in total. The van der Waals surface area contributed by atoms with E-state index in [0.29, 0.717) is 18.9 Å². The lowest BCUT2D eigenvalue weighted by molar-refractivity contribution is -0.131. The number of carbonyl (C=O) groups is 1. The van der Waals surface area contributed by atoms with Crippen LogP contribution < -0.4 is 5.32 Å². The van der Waals surface area contributed by atoms with Crippen LogP contribution in [0.2, 0.25) is 0 Å². The minimum absolute atomic E-state index is 0.229. The summed E-state index contributed by atoms with van der Waals surface area (Å²) in [7, 11) is 1.86. The molecule has 18 heavy (non-hydrogen) atoms. The van der Waals surface area contributed by atoms with Crippen LogP contribution in [0.3, 0.4) is 0 Å². The molecule has 1 aromatic rings. The predicted octanol–water partition coefficient (Wildman–Crippen LogP) is 1.43. The van der Waals surface area contributed by atoms with Gasteiger partial charge in [-0.3, -0.25) is 9.78 Å². The Labute approximate surface area is 108 Å². The van der Waals surface area contributed by atoms with Crippen LogP contribution in [0.5, 0.6) is 0 Å². The van der Waals surface area contributed by atoms with Crippen molar-refractivity contribution in [3.63, 3.8) is 0 Å². The Morgan fingerprint density at radius 2 is 2.22 bits per heavy atom. The van der Waals surface area contributed by atoms with Crippen molar-refractivity contribution in [1.29, 1.82) is 0 Å². The van der Waals surface area contributed by atoms with Crippen LogP contribution in [-0.2, 0) is 11.3 Å². The number of nitrogens with zero attached hydrogens (tertiary/aromatic N) is 2. The number of amides is 1. The van der Waals surface area contributed by atoms with Crippen LogP contribution in [-0.4, -0.2) is 35.9 Å². The zero-order valence-electron chi connectivity index (χ0n) is 10.9. The molecule has 1 saturated heterocycles. The number of hydrogen-bond acceptors (Lipinski definition) is 3. The number of nitrogens with one attached hydrogen (secondary N) is 1. The van der Waals surface area contributed by atoms with Crippen molar-refractivity contribution in [2.75, 3.05) is 20.1 Å². The van der Waals surface area contributed by atoms with Crippen molar-refractivity contribution in [2.45, 2.75) is 25.8 Å². The number of aromatic nitrogens is 1. The van der Waals surface area contributed by atoms with Crippen molar-refractivity contribution in [3.8, 4) is 0 Å². The Morgan fingerprint density at radius 1 is 1.44 bits per heavy atom. The number of hydrogen-bond donors (Lipinski definition) is 1. The summed E-state index contributed by atoms with van der Waals surface area (Å²) in [5.74, 6) is 0.775. The summed E-state index contributed by atoms with van der Waals surface area (Å²) >= 11 is 0. The van der Waals surface area contributed by atoms with Gasteiger partial charge in [0.05, 0.1) is 12.2 Å². The molecule has 0 atom stereocenters. The van der Waals surface area contributed by atoms with E-state index in [2.05, 4.69) is 10.3 Å². The molecule has 1 N–H and O–H groups in total. The molecule has 0 unspecified atom stereocenters. The molecule has 0 saturated carbocycles. The Kier molecular flexibility index (Phi) is 4.70. The highest BCUT2D eigenvalue weighted by Gasteiger charge is 2.19. The Morgan fingerprint density at radius 3 is 2.89 bits per heavy atom. The largest absolute Gasteiger partial charge is 0.340 e. The zero-order chi connectivity index (χ0) is 12.8. The topological polar surface area (TPSA) is 45.2 Å². The van der Waals surface area contributed by atoms with E-state index in [1.165, 1.54) is 0 Å². The quantitative estimate of drug-likeness (QED) is 0.875. The van der Waals surface area contributed by atoms with Gasteiger partial charge in [0.1, 0.15) is 0 Å². The monoisotopic (exact) mass is 247 g/mol. The van der Waals surface area contributed by atoms with Gasteiger partial charge in [0, 0.05) is 19.7 Å². The second-order valence-electron chi connectivity index (χ2n) is 4.97. The highest BCUT2D eigenvalue weighted by molar-refractivity contribution is 5.76. The molecule has 98 valence electrons. The van der Waals surface area contributed by atoms with E-state index in [4.69, 9.17) is 0 Å². The standard InChI is InChI=1S/C14H21N3O/c1-17(11-13-4-2-3-7-16-13)14(18)10-12-5-8-15-9-6-12/h2-4,7,12,15H,5-6,8-11H2,1H3. The molecule has 4 heteroatoms. The normalized spacial score (nSPS) is 16.5. The van der Waals surface area contributed by atoms with Crippen molar-refractivity contribution >= 4 is 5.91 Å². The molecule has 1 aliphatic heterocycles. The molecular weight excluding hydrogens is 226 g/mol. The minimum atomic E-state index is 0.229. The molecule has 0 bridgehead atoms. The minimum Gasteiger partial charge on any atom is -0.340 e. The molecule has 2 heterocycles. The van der Waals surface area contributed by atoms with Crippen molar-refractivity contribution < 1.29 is 4.79 Å². The number of carbonyl (C=O) groups excluding carboxylic acids is 1. The van der Waals surface area contributed by atoms with Gasteiger partial charge in [-0.1, -0.05) is 6.07 Å². The molecule has 1 aliphatic rings. The summed E-state index contributed by atoms with van der Waals surface area (Å²) in [6.45, 7) is 2.69. The summed E-state index contributed by atoms with van der Waals surface area (Å²) in [6.07, 6.45) is 4.66. The Bertz CT molecular complexity index is 374. The Hall–Kier alpha value is -1.42. The average Bonchev–Trinajstić information content (AvgIpc) is 2.41. The molecule has 0 radical (unpaired) electrons. The molecule has 1 fully saturated rings. The van der Waals surface area contributed by atoms with Gasteiger partial charge < -0.3 is 10.2 Å². The third-order valence-electron chi connectivity index (χ3n) is 3.47. The lowest BCUT2D eigenvalue weighted by Gasteiger charge is -2.24. The summed E-state index contributed by atoms with van der Waals surface area (Å²) < 4.78 is 0. The van der Waals surface area contributed by atoms with E-state index in [1.54, 1.807) is 11.1 Å². The van der Waals surface area contributed by atoms with Crippen molar-refractivity contribution in [2.24, 2.45) is 5.92 Å². The zero-order valence-corrected chi connectivity index (χ0v) is 10.9. The lowest BCUT2D eigenvalue weighted by atomic mass is 9.94. The van der Waals surface area contributed by atoms with Gasteiger partial charge in [-0.05, 0) is 44.0 Å². The first-order chi connectivity index (χ1) is 8.75. The molecular formula is C14H21N3O. The third-order valence-corrected chi connectivity index (χ3v) is 3.47. The molecule has 2 rings (SSSR count). The van der Waals surface area contributed by atoms with Crippen LogP contribution in [0.15, 0.2) is 24.4 Å². The molecule has 0 aromatic carbocycles. The first-order valence-corrected chi connectivity index (χ1v) is 6.60. The number of rotatable bonds is 4. The fraction of sp³-hybridized carbons (Fsp3) is 0.571. The fourth-order valence-corrected chi connectivity index (χ4v) is 2.31. The summed E-state index contributed by atoms with van der Waals surface area (Å²) in [5.41, 5.74) is 0.943. The second kappa shape index (κ2) is 6.50. The van der Waals surface area contributed by atoms with Gasteiger partial charge in [-0.2, -0.15) is 0 Å². The Balaban J connectivity index is 1.81. The number of pyridine rings is 1. The van der Waals surface area contributed by atoms with Gasteiger partial charge >= 0.3 is 0 Å². The fourth-order valence-electron chi connectivity index (χ4n) is 2.31. The molecule has 0 aliphatic carbocycles. The van der Waals surface area contributed by atoms with Crippen molar-refractivity contribution in [3.05, 3.63) is 30.1 Å². The van der Waals surface area contributed by atoms with E-state index in [-0.39, 0.29) is 5.91 Å². The first-order valence-electron chi connectivity index (χ1n) is 6.60. The highest BCUT2D eigenvalue weighted by Crippen LogP contribution is 2.17. The van der Waals surface area contributed by atoms with Gasteiger partial charge in [0.15, 0.2) is 0 Å². The van der Waals surface area contributed by atoms with Crippen LogP contribution in [0, 0.1) is 5.92 Å². The predicted molar refractivity (Wildman–Crippen MR) is 70.9 cm³/mol. The summed E-state index contributed by atoms with van der Waals surface area (Å²) in [6, 6.07) is 5.79. The maximum Gasteiger partial charge on any atom is 0.222 e. The van der Waals surface area contributed by atoms with Crippen molar-refractivity contribution in [1.82, 2.24) is 15.2 Å². The van der Waals surface area contributed by atoms with E-state index in [9.17, 15) is 4.79 Å². The van der Waals surface area contributed by atoms with E-state index >= 15 is 0 Å². The molecule has 1 amide bonds. The number of piperidine rings is 1. The maximum absolute atomic E-state index is 12.1. The maximum atomic E-state index is 12.1. The van der Waals surface area contributed by atoms with Gasteiger partial charge in [0.2, 0.25) is 5.91 Å². The average molecular weight is 247 g/mol. The molecule has 0 spiro atoms. The second-order valence-corrected chi connectivity index (χ2v) is 4.97. The van der Waals surface area contributed by atoms with Gasteiger partial charge in [0.25, 0.3) is 0 Å². The summed E-state index contributed by atoms with van der Waals surface area (Å²) in [4.78, 5) is 18.1. The SMILES string of the molecule is CN(Cc1ccccn1)C(=O)CC1CCNCC1. The van der Waals surface area contributed by atoms with Gasteiger partial charge in [-0.25, -0.2) is 0 Å². The highest BCUT2D eigenvalue weighted by atomic mass is 16.2. The smallest absolute Gasteiger partial charge is 0.222 e. The first kappa shape index (κ1) is 13.0. The third kappa shape index (κ3) is 3.81. The summed E-state index contributed by atoms with van der Waals surface area (Å²) in [5, 5.41) is 3.32. The van der Waals surface area contributed by atoms with Crippen LogP contribution >= 0.6 is 0 Å². The van der Waals surface area contributed by atoms with E-state index in [1.807, 2.05) is 25.2 Å². The van der Waals surface area contributed by atoms with Gasteiger partial charge in [-0.15, -0.1) is 0 Å². The van der Waals surface area contributed by atoms with E-state index < -0.39 is 0 Å².